The van der Waals surface area contributed by atoms with Crippen molar-refractivity contribution in [2.45, 2.75) is 62.8 Å². The molecule has 2 aliphatic heterocycles. The van der Waals surface area contributed by atoms with Crippen LogP contribution < -0.4 is 10.2 Å². The van der Waals surface area contributed by atoms with Crippen molar-refractivity contribution in [1.82, 2.24) is 9.62 Å². The third kappa shape index (κ3) is 5.18. The molecule has 1 atom stereocenters. The number of furan rings is 1. The molecular weight excluding hydrogens is 426 g/mol. The van der Waals surface area contributed by atoms with Gasteiger partial charge >= 0.3 is 0 Å². The van der Waals surface area contributed by atoms with E-state index in [-0.39, 0.29) is 16.8 Å². The lowest BCUT2D eigenvalue weighted by Crippen LogP contribution is -2.38. The largest absolute Gasteiger partial charge is 0.469 e. The van der Waals surface area contributed by atoms with Crippen molar-refractivity contribution < 1.29 is 17.6 Å². The Morgan fingerprint density at radius 2 is 1.72 bits per heavy atom. The molecule has 1 amide bonds. The van der Waals surface area contributed by atoms with Crippen LogP contribution in [0.1, 0.15) is 61.6 Å². The highest BCUT2D eigenvalue weighted by Gasteiger charge is 2.29. The molecule has 1 aromatic heterocycles. The number of piperidine rings is 2. The summed E-state index contributed by atoms with van der Waals surface area (Å²) in [6, 6.07) is 8.61. The molecule has 174 valence electrons. The number of rotatable bonds is 7. The standard InChI is InChI=1S/C24H33N3O4S/c1-19(17-20-9-8-16-31-20)25-24(28)22-18-21(32(29,30)27-14-6-3-7-15-27)10-11-23(22)26-12-4-2-5-13-26/h8-11,16,18-19H,2-7,12-15,17H2,1H3,(H,25,28). The third-order valence-electron chi connectivity index (χ3n) is 6.33. The van der Waals surface area contributed by atoms with Crippen molar-refractivity contribution in [3.8, 4) is 0 Å². The summed E-state index contributed by atoms with van der Waals surface area (Å²) in [5.41, 5.74) is 1.24. The highest BCUT2D eigenvalue weighted by Crippen LogP contribution is 2.29. The first-order valence-electron chi connectivity index (χ1n) is 11.7. The van der Waals surface area contributed by atoms with E-state index < -0.39 is 10.0 Å². The normalized spacial score (nSPS) is 19.0. The molecule has 0 spiro atoms. The molecule has 4 rings (SSSR count). The predicted octanol–water partition coefficient (Wildman–Crippen LogP) is 3.81. The Labute approximate surface area is 190 Å². The SMILES string of the molecule is CC(Cc1ccco1)NC(=O)c1cc(S(=O)(=O)N2CCCCC2)ccc1N1CCCCC1. The molecule has 0 radical (unpaired) electrons. The first-order valence-corrected chi connectivity index (χ1v) is 13.1. The van der Waals surface area contributed by atoms with E-state index in [1.165, 1.54) is 6.42 Å². The van der Waals surface area contributed by atoms with Gasteiger partial charge < -0.3 is 14.6 Å². The van der Waals surface area contributed by atoms with E-state index in [1.54, 1.807) is 22.7 Å². The van der Waals surface area contributed by atoms with Gasteiger partial charge in [-0.05, 0) is 69.4 Å². The summed E-state index contributed by atoms with van der Waals surface area (Å²) < 4.78 is 33.4. The van der Waals surface area contributed by atoms with Crippen LogP contribution in [0.2, 0.25) is 0 Å². The number of benzene rings is 1. The Kier molecular flexibility index (Phi) is 7.20. The zero-order valence-electron chi connectivity index (χ0n) is 18.8. The van der Waals surface area contributed by atoms with E-state index in [4.69, 9.17) is 4.42 Å². The first-order chi connectivity index (χ1) is 15.4. The van der Waals surface area contributed by atoms with Crippen LogP contribution in [0, 0.1) is 0 Å². The minimum atomic E-state index is -3.62. The fraction of sp³-hybridized carbons (Fsp3) is 0.542. The molecule has 1 N–H and O–H groups in total. The van der Waals surface area contributed by atoms with Gasteiger partial charge in [0.1, 0.15) is 5.76 Å². The van der Waals surface area contributed by atoms with Crippen molar-refractivity contribution in [3.63, 3.8) is 0 Å². The van der Waals surface area contributed by atoms with Gasteiger partial charge in [-0.3, -0.25) is 4.79 Å². The molecule has 7 nitrogen and oxygen atoms in total. The van der Waals surface area contributed by atoms with Crippen LogP contribution in [0.25, 0.3) is 0 Å². The van der Waals surface area contributed by atoms with Crippen molar-refractivity contribution in [1.29, 1.82) is 0 Å². The zero-order valence-corrected chi connectivity index (χ0v) is 19.6. The van der Waals surface area contributed by atoms with E-state index in [2.05, 4.69) is 10.2 Å². The molecule has 0 bridgehead atoms. The molecule has 1 aromatic carbocycles. The second-order valence-electron chi connectivity index (χ2n) is 8.85. The maximum atomic E-state index is 13.3. The Morgan fingerprint density at radius 1 is 1.03 bits per heavy atom. The van der Waals surface area contributed by atoms with E-state index in [1.807, 2.05) is 25.1 Å². The van der Waals surface area contributed by atoms with Crippen LogP contribution in [0.15, 0.2) is 45.9 Å². The molecule has 2 saturated heterocycles. The lowest BCUT2D eigenvalue weighted by atomic mass is 10.1. The van der Waals surface area contributed by atoms with E-state index in [0.717, 1.165) is 56.6 Å². The number of amides is 1. The molecule has 2 aromatic rings. The predicted molar refractivity (Wildman–Crippen MR) is 124 cm³/mol. The third-order valence-corrected chi connectivity index (χ3v) is 8.22. The Bertz CT molecular complexity index is 1010. The first kappa shape index (κ1) is 22.9. The lowest BCUT2D eigenvalue weighted by molar-refractivity contribution is 0.0939. The fourth-order valence-corrected chi connectivity index (χ4v) is 6.15. The van der Waals surface area contributed by atoms with Crippen LogP contribution in [-0.2, 0) is 16.4 Å². The fourth-order valence-electron chi connectivity index (χ4n) is 4.61. The summed E-state index contributed by atoms with van der Waals surface area (Å²) >= 11 is 0. The summed E-state index contributed by atoms with van der Waals surface area (Å²) in [5, 5.41) is 3.04. The van der Waals surface area contributed by atoms with Crippen LogP contribution in [0.3, 0.4) is 0 Å². The number of anilines is 1. The van der Waals surface area contributed by atoms with Crippen molar-refractivity contribution in [2.24, 2.45) is 0 Å². The summed E-state index contributed by atoms with van der Waals surface area (Å²) in [4.78, 5) is 15.7. The molecular formula is C24H33N3O4S. The second-order valence-corrected chi connectivity index (χ2v) is 10.8. The van der Waals surface area contributed by atoms with Gasteiger partial charge in [-0.1, -0.05) is 6.42 Å². The van der Waals surface area contributed by atoms with Crippen LogP contribution >= 0.6 is 0 Å². The second kappa shape index (κ2) is 10.1. The Morgan fingerprint density at radius 3 is 2.38 bits per heavy atom. The van der Waals surface area contributed by atoms with Gasteiger partial charge in [-0.15, -0.1) is 0 Å². The number of hydrogen-bond acceptors (Lipinski definition) is 5. The van der Waals surface area contributed by atoms with Crippen LogP contribution in [0.5, 0.6) is 0 Å². The number of hydrogen-bond donors (Lipinski definition) is 1. The average molecular weight is 460 g/mol. The maximum absolute atomic E-state index is 13.3. The van der Waals surface area contributed by atoms with Gasteiger partial charge in [-0.25, -0.2) is 8.42 Å². The number of carbonyl (C=O) groups excluding carboxylic acids is 1. The quantitative estimate of drug-likeness (QED) is 0.681. The smallest absolute Gasteiger partial charge is 0.253 e. The monoisotopic (exact) mass is 459 g/mol. The average Bonchev–Trinajstić information content (AvgIpc) is 3.32. The molecule has 8 heteroatoms. The molecule has 2 fully saturated rings. The highest BCUT2D eigenvalue weighted by molar-refractivity contribution is 7.89. The van der Waals surface area contributed by atoms with Gasteiger partial charge in [-0.2, -0.15) is 4.31 Å². The summed E-state index contributed by atoms with van der Waals surface area (Å²) in [7, 11) is -3.62. The van der Waals surface area contributed by atoms with Gasteiger partial charge in [0.25, 0.3) is 5.91 Å². The zero-order chi connectivity index (χ0) is 22.6. The van der Waals surface area contributed by atoms with Crippen molar-refractivity contribution in [3.05, 3.63) is 47.9 Å². The molecule has 3 heterocycles. The van der Waals surface area contributed by atoms with Crippen molar-refractivity contribution in [2.75, 3.05) is 31.1 Å². The Balaban J connectivity index is 1.62. The summed E-state index contributed by atoms with van der Waals surface area (Å²) in [6.45, 7) is 4.76. The minimum Gasteiger partial charge on any atom is -0.469 e. The molecule has 0 saturated carbocycles. The molecule has 1 unspecified atom stereocenters. The summed E-state index contributed by atoms with van der Waals surface area (Å²) in [6.07, 6.45) is 8.33. The molecule has 0 aliphatic carbocycles. The summed E-state index contributed by atoms with van der Waals surface area (Å²) in [5.74, 6) is 0.552. The maximum Gasteiger partial charge on any atom is 0.253 e. The topological polar surface area (TPSA) is 82.9 Å². The van der Waals surface area contributed by atoms with Crippen LogP contribution in [0.4, 0.5) is 5.69 Å². The van der Waals surface area contributed by atoms with E-state index in [9.17, 15) is 13.2 Å². The minimum absolute atomic E-state index is 0.148. The Hall–Kier alpha value is -2.32. The van der Waals surface area contributed by atoms with Crippen molar-refractivity contribution >= 4 is 21.6 Å². The van der Waals surface area contributed by atoms with Gasteiger partial charge in [0, 0.05) is 44.3 Å². The van der Waals surface area contributed by atoms with E-state index >= 15 is 0 Å². The lowest BCUT2D eigenvalue weighted by Gasteiger charge is -2.31. The van der Waals surface area contributed by atoms with E-state index in [0.29, 0.717) is 25.1 Å². The highest BCUT2D eigenvalue weighted by atomic mass is 32.2. The molecule has 32 heavy (non-hydrogen) atoms. The van der Waals surface area contributed by atoms with Gasteiger partial charge in [0.15, 0.2) is 0 Å². The number of sulfonamides is 1. The molecule has 2 aliphatic rings. The van der Waals surface area contributed by atoms with Gasteiger partial charge in [0.05, 0.1) is 16.7 Å². The van der Waals surface area contributed by atoms with Crippen LogP contribution in [-0.4, -0.2) is 50.9 Å². The van der Waals surface area contributed by atoms with Gasteiger partial charge in [0.2, 0.25) is 10.0 Å². The number of nitrogens with zero attached hydrogens (tertiary/aromatic N) is 2. The number of carbonyl (C=O) groups is 1. The number of nitrogens with one attached hydrogen (secondary N) is 1.